The molecule has 18 heavy (non-hydrogen) atoms. The van der Waals surface area contributed by atoms with Crippen LogP contribution in [0.1, 0.15) is 43.9 Å². The van der Waals surface area contributed by atoms with Gasteiger partial charge in [-0.1, -0.05) is 31.2 Å². The van der Waals surface area contributed by atoms with Crippen LogP contribution in [0.2, 0.25) is 0 Å². The minimum Gasteiger partial charge on any atom is -0.329 e. The van der Waals surface area contributed by atoms with Crippen LogP contribution in [0.3, 0.4) is 0 Å². The number of hydrogen-bond donors (Lipinski definition) is 1. The molecule has 0 amide bonds. The quantitative estimate of drug-likeness (QED) is 0.836. The molecule has 100 valence electrons. The van der Waals surface area contributed by atoms with Crippen molar-refractivity contribution in [1.82, 2.24) is 4.90 Å². The van der Waals surface area contributed by atoms with Crippen LogP contribution >= 0.6 is 0 Å². The van der Waals surface area contributed by atoms with Gasteiger partial charge < -0.3 is 5.73 Å². The van der Waals surface area contributed by atoms with E-state index >= 15 is 0 Å². The zero-order valence-corrected chi connectivity index (χ0v) is 11.9. The Balaban J connectivity index is 2.10. The number of likely N-dealkylation sites (N-methyl/N-ethyl adjacent to an activating group) is 1. The highest BCUT2D eigenvalue weighted by Gasteiger charge is 2.33. The second kappa shape index (κ2) is 5.85. The van der Waals surface area contributed by atoms with Crippen LogP contribution in [-0.2, 0) is 6.42 Å². The van der Waals surface area contributed by atoms with Gasteiger partial charge in [0.25, 0.3) is 0 Å². The topological polar surface area (TPSA) is 29.3 Å². The maximum Gasteiger partial charge on any atom is 0.0470 e. The van der Waals surface area contributed by atoms with E-state index in [1.54, 1.807) is 0 Å². The SMILES string of the molecule is CCc1ccc(C(CN)N(C)C(C)C2CC2)cc1. The molecule has 2 nitrogen and oxygen atoms in total. The van der Waals surface area contributed by atoms with Gasteiger partial charge in [0.2, 0.25) is 0 Å². The lowest BCUT2D eigenvalue weighted by Gasteiger charge is -2.33. The molecule has 2 atom stereocenters. The van der Waals surface area contributed by atoms with Gasteiger partial charge in [0.1, 0.15) is 0 Å². The molecule has 1 aromatic rings. The van der Waals surface area contributed by atoms with Crippen LogP contribution in [0.15, 0.2) is 24.3 Å². The molecule has 1 saturated carbocycles. The molecule has 0 bridgehead atoms. The molecular weight excluding hydrogens is 220 g/mol. The van der Waals surface area contributed by atoms with Crippen molar-refractivity contribution < 1.29 is 0 Å². The van der Waals surface area contributed by atoms with Crippen molar-refractivity contribution in [2.24, 2.45) is 11.7 Å². The van der Waals surface area contributed by atoms with Crippen LogP contribution < -0.4 is 5.73 Å². The molecule has 0 saturated heterocycles. The molecule has 1 aromatic carbocycles. The highest BCUT2D eigenvalue weighted by molar-refractivity contribution is 5.25. The monoisotopic (exact) mass is 246 g/mol. The lowest BCUT2D eigenvalue weighted by Crippen LogP contribution is -2.38. The molecule has 1 aliphatic rings. The van der Waals surface area contributed by atoms with Crippen molar-refractivity contribution in [3.05, 3.63) is 35.4 Å². The second-order valence-corrected chi connectivity index (χ2v) is 5.59. The van der Waals surface area contributed by atoms with Crippen LogP contribution in [0.4, 0.5) is 0 Å². The van der Waals surface area contributed by atoms with Gasteiger partial charge >= 0.3 is 0 Å². The summed E-state index contributed by atoms with van der Waals surface area (Å²) in [5.74, 6) is 0.888. The van der Waals surface area contributed by atoms with Gasteiger partial charge in [-0.05, 0) is 50.3 Å². The molecule has 2 N–H and O–H groups in total. The molecule has 2 heteroatoms. The first-order valence-corrected chi connectivity index (χ1v) is 7.18. The maximum atomic E-state index is 5.99. The van der Waals surface area contributed by atoms with E-state index in [-0.39, 0.29) is 0 Å². The van der Waals surface area contributed by atoms with E-state index < -0.39 is 0 Å². The predicted octanol–water partition coefficient (Wildman–Crippen LogP) is 2.98. The van der Waals surface area contributed by atoms with Gasteiger partial charge in [0.05, 0.1) is 0 Å². The van der Waals surface area contributed by atoms with Crippen molar-refractivity contribution in [3.63, 3.8) is 0 Å². The van der Waals surface area contributed by atoms with Crippen molar-refractivity contribution >= 4 is 0 Å². The standard InChI is InChI=1S/C16H26N2/c1-4-13-5-7-15(8-6-13)16(11-17)18(3)12(2)14-9-10-14/h5-8,12,14,16H,4,9-11,17H2,1-3H3. The second-order valence-electron chi connectivity index (χ2n) is 5.59. The van der Waals surface area contributed by atoms with E-state index in [9.17, 15) is 0 Å². The number of rotatable bonds is 6. The Bertz CT molecular complexity index is 367. The van der Waals surface area contributed by atoms with Gasteiger partial charge in [-0.2, -0.15) is 0 Å². The number of nitrogens with zero attached hydrogens (tertiary/aromatic N) is 1. The molecule has 2 rings (SSSR count). The van der Waals surface area contributed by atoms with Crippen molar-refractivity contribution in [2.75, 3.05) is 13.6 Å². The van der Waals surface area contributed by atoms with Crippen LogP contribution in [-0.4, -0.2) is 24.5 Å². The summed E-state index contributed by atoms with van der Waals surface area (Å²) in [5.41, 5.74) is 8.74. The first kappa shape index (κ1) is 13.6. The summed E-state index contributed by atoms with van der Waals surface area (Å²) in [6.45, 7) is 5.22. The third-order valence-corrected chi connectivity index (χ3v) is 4.43. The zero-order valence-electron chi connectivity index (χ0n) is 11.9. The van der Waals surface area contributed by atoms with E-state index in [0.29, 0.717) is 18.6 Å². The van der Waals surface area contributed by atoms with Gasteiger partial charge in [-0.3, -0.25) is 4.90 Å². The average Bonchev–Trinajstić information content (AvgIpc) is 3.23. The van der Waals surface area contributed by atoms with E-state index in [4.69, 9.17) is 5.73 Å². The summed E-state index contributed by atoms with van der Waals surface area (Å²) < 4.78 is 0. The van der Waals surface area contributed by atoms with Crippen molar-refractivity contribution in [3.8, 4) is 0 Å². The summed E-state index contributed by atoms with van der Waals surface area (Å²) in [7, 11) is 2.22. The average molecular weight is 246 g/mol. The smallest absolute Gasteiger partial charge is 0.0470 e. The Morgan fingerprint density at radius 1 is 1.28 bits per heavy atom. The highest BCUT2D eigenvalue weighted by atomic mass is 15.2. The number of aryl methyl sites for hydroxylation is 1. The number of hydrogen-bond acceptors (Lipinski definition) is 2. The fourth-order valence-corrected chi connectivity index (χ4v) is 2.71. The molecule has 0 aromatic heterocycles. The third kappa shape index (κ3) is 2.93. The number of benzene rings is 1. The highest BCUT2D eigenvalue weighted by Crippen LogP contribution is 2.37. The summed E-state index contributed by atoms with van der Waals surface area (Å²) in [4.78, 5) is 2.46. The molecule has 1 fully saturated rings. The Labute approximate surface area is 111 Å². The molecule has 0 radical (unpaired) electrons. The molecule has 0 heterocycles. The van der Waals surface area contributed by atoms with Gasteiger partial charge in [0.15, 0.2) is 0 Å². The first-order valence-electron chi connectivity index (χ1n) is 7.18. The van der Waals surface area contributed by atoms with E-state index in [0.717, 1.165) is 12.3 Å². The predicted molar refractivity (Wildman–Crippen MR) is 77.6 cm³/mol. The van der Waals surface area contributed by atoms with E-state index in [1.807, 2.05) is 0 Å². The minimum atomic E-state index is 0.353. The third-order valence-electron chi connectivity index (χ3n) is 4.43. The fourth-order valence-electron chi connectivity index (χ4n) is 2.71. The molecule has 2 unspecified atom stereocenters. The largest absolute Gasteiger partial charge is 0.329 e. The molecule has 0 spiro atoms. The lowest BCUT2D eigenvalue weighted by atomic mass is 10.0. The van der Waals surface area contributed by atoms with Crippen LogP contribution in [0.5, 0.6) is 0 Å². The Morgan fingerprint density at radius 2 is 1.89 bits per heavy atom. The Hall–Kier alpha value is -0.860. The Kier molecular flexibility index (Phi) is 4.41. The van der Waals surface area contributed by atoms with Gasteiger partial charge in [-0.15, -0.1) is 0 Å². The summed E-state index contributed by atoms with van der Waals surface area (Å²) in [6, 6.07) is 9.94. The first-order chi connectivity index (χ1) is 8.67. The molecular formula is C16H26N2. The van der Waals surface area contributed by atoms with Crippen molar-refractivity contribution in [1.29, 1.82) is 0 Å². The van der Waals surface area contributed by atoms with Gasteiger partial charge in [0, 0.05) is 18.6 Å². The van der Waals surface area contributed by atoms with Crippen LogP contribution in [0, 0.1) is 5.92 Å². The van der Waals surface area contributed by atoms with E-state index in [1.165, 1.54) is 24.0 Å². The summed E-state index contributed by atoms with van der Waals surface area (Å²) >= 11 is 0. The Morgan fingerprint density at radius 3 is 2.33 bits per heavy atom. The summed E-state index contributed by atoms with van der Waals surface area (Å²) in [6.07, 6.45) is 3.87. The summed E-state index contributed by atoms with van der Waals surface area (Å²) in [5, 5.41) is 0. The minimum absolute atomic E-state index is 0.353. The van der Waals surface area contributed by atoms with Crippen LogP contribution in [0.25, 0.3) is 0 Å². The fraction of sp³-hybridized carbons (Fsp3) is 0.625. The van der Waals surface area contributed by atoms with Crippen molar-refractivity contribution in [2.45, 2.75) is 45.2 Å². The van der Waals surface area contributed by atoms with E-state index in [2.05, 4.69) is 50.1 Å². The zero-order chi connectivity index (χ0) is 13.1. The van der Waals surface area contributed by atoms with Gasteiger partial charge in [-0.25, -0.2) is 0 Å². The number of nitrogens with two attached hydrogens (primary N) is 1. The maximum absolute atomic E-state index is 5.99. The normalized spacial score (nSPS) is 18.9. The lowest BCUT2D eigenvalue weighted by molar-refractivity contribution is 0.171. The molecule has 0 aliphatic heterocycles. The molecule has 1 aliphatic carbocycles.